The van der Waals surface area contributed by atoms with Gasteiger partial charge in [-0.2, -0.15) is 5.26 Å². The zero-order chi connectivity index (χ0) is 22.3. The molecule has 2 aromatic carbocycles. The first-order valence-electron chi connectivity index (χ1n) is 11.1. The van der Waals surface area contributed by atoms with E-state index in [1.807, 2.05) is 47.4 Å². The summed E-state index contributed by atoms with van der Waals surface area (Å²) in [6.07, 6.45) is 2.63. The monoisotopic (exact) mass is 429 g/mol. The van der Waals surface area contributed by atoms with Crippen LogP contribution in [0.25, 0.3) is 10.9 Å². The summed E-state index contributed by atoms with van der Waals surface area (Å²) in [5.74, 6) is 0.791. The minimum atomic E-state index is -0.133. The summed E-state index contributed by atoms with van der Waals surface area (Å²) >= 11 is 0. The average Bonchev–Trinajstić information content (AvgIpc) is 3.05. The van der Waals surface area contributed by atoms with E-state index in [1.165, 1.54) is 5.56 Å². The number of aromatic nitrogens is 2. The van der Waals surface area contributed by atoms with Crippen molar-refractivity contribution in [2.45, 2.75) is 32.2 Å². The maximum atomic E-state index is 12.7. The van der Waals surface area contributed by atoms with Crippen molar-refractivity contribution in [1.82, 2.24) is 19.8 Å². The normalized spacial score (nSPS) is 14.8. The Bertz CT molecular complexity index is 1180. The number of carbonyl (C=O) groups excluding carboxylic acids is 1. The molecule has 7 heteroatoms. The number of H-pyrrole nitrogens is 1. The summed E-state index contributed by atoms with van der Waals surface area (Å²) in [6, 6.07) is 17.1. The number of rotatable bonds is 6. The van der Waals surface area contributed by atoms with E-state index in [0.717, 1.165) is 39.1 Å². The predicted molar refractivity (Wildman–Crippen MR) is 123 cm³/mol. The second kappa shape index (κ2) is 10.2. The molecule has 1 aliphatic rings. The molecule has 0 saturated carbocycles. The second-order valence-electron chi connectivity index (χ2n) is 8.20. The first kappa shape index (κ1) is 21.7. The molecule has 1 fully saturated rings. The van der Waals surface area contributed by atoms with E-state index >= 15 is 0 Å². The quantitative estimate of drug-likeness (QED) is 0.650. The second-order valence-corrected chi connectivity index (χ2v) is 8.20. The zero-order valence-electron chi connectivity index (χ0n) is 18.1. The number of amides is 1. The first-order chi connectivity index (χ1) is 15.6. The predicted octanol–water partition coefficient (Wildman–Crippen LogP) is 2.85. The lowest BCUT2D eigenvalue weighted by molar-refractivity contribution is -0.131. The lowest BCUT2D eigenvalue weighted by Crippen LogP contribution is -2.35. The van der Waals surface area contributed by atoms with Crippen LogP contribution in [0.4, 0.5) is 0 Å². The van der Waals surface area contributed by atoms with E-state index in [1.54, 1.807) is 6.07 Å². The smallest absolute Gasteiger partial charge is 0.258 e. The molecule has 1 aliphatic heterocycles. The van der Waals surface area contributed by atoms with E-state index in [-0.39, 0.29) is 11.5 Å². The summed E-state index contributed by atoms with van der Waals surface area (Å²) in [5.41, 5.74) is 2.41. The molecular formula is C25H27N5O2. The van der Waals surface area contributed by atoms with Crippen molar-refractivity contribution in [2.24, 2.45) is 0 Å². The molecule has 0 bridgehead atoms. The Balaban J connectivity index is 1.26. The summed E-state index contributed by atoms with van der Waals surface area (Å²) in [6.45, 7) is 4.11. The standard InChI is InChI=1S/C25H27N5O2/c26-17-19-9-11-20(12-10-19)18-29-13-4-14-30(16-15-29)24(31)8-3-7-23-27-22-6-2-1-5-21(22)25(32)28-23/h1-2,5-6,9-12H,3-4,7-8,13-16,18H2,(H,27,28,32). The lowest BCUT2D eigenvalue weighted by Gasteiger charge is -2.22. The summed E-state index contributed by atoms with van der Waals surface area (Å²) in [7, 11) is 0. The van der Waals surface area contributed by atoms with Crippen LogP contribution in [-0.2, 0) is 17.8 Å². The van der Waals surface area contributed by atoms with E-state index in [4.69, 9.17) is 5.26 Å². The highest BCUT2D eigenvalue weighted by atomic mass is 16.2. The van der Waals surface area contributed by atoms with E-state index < -0.39 is 0 Å². The number of benzene rings is 2. The third kappa shape index (κ3) is 5.40. The molecule has 7 nitrogen and oxygen atoms in total. The highest BCUT2D eigenvalue weighted by Crippen LogP contribution is 2.12. The number of nitriles is 1. The van der Waals surface area contributed by atoms with Gasteiger partial charge in [0.25, 0.3) is 5.56 Å². The van der Waals surface area contributed by atoms with Crippen molar-refractivity contribution in [1.29, 1.82) is 5.26 Å². The van der Waals surface area contributed by atoms with Crippen LogP contribution in [0.5, 0.6) is 0 Å². The maximum absolute atomic E-state index is 12.7. The van der Waals surface area contributed by atoms with Gasteiger partial charge < -0.3 is 9.88 Å². The Morgan fingerprint density at radius 3 is 2.69 bits per heavy atom. The maximum Gasteiger partial charge on any atom is 0.258 e. The topological polar surface area (TPSA) is 93.1 Å². The molecule has 32 heavy (non-hydrogen) atoms. The van der Waals surface area contributed by atoms with Gasteiger partial charge in [0, 0.05) is 45.6 Å². The molecule has 164 valence electrons. The molecule has 0 spiro atoms. The number of para-hydroxylation sites is 1. The van der Waals surface area contributed by atoms with Crippen LogP contribution in [0.3, 0.4) is 0 Å². The lowest BCUT2D eigenvalue weighted by atomic mass is 10.1. The Labute approximate surface area is 187 Å². The number of aryl methyl sites for hydroxylation is 1. The Kier molecular flexibility index (Phi) is 6.93. The number of nitrogens with one attached hydrogen (secondary N) is 1. The Morgan fingerprint density at radius 1 is 1.06 bits per heavy atom. The van der Waals surface area contributed by atoms with E-state index in [9.17, 15) is 9.59 Å². The van der Waals surface area contributed by atoms with Gasteiger partial charge in [-0.3, -0.25) is 14.5 Å². The third-order valence-corrected chi connectivity index (χ3v) is 5.90. The van der Waals surface area contributed by atoms with Crippen molar-refractivity contribution in [3.05, 3.63) is 75.8 Å². The van der Waals surface area contributed by atoms with E-state index in [2.05, 4.69) is 20.9 Å². The largest absolute Gasteiger partial charge is 0.341 e. The fourth-order valence-electron chi connectivity index (χ4n) is 4.14. The van der Waals surface area contributed by atoms with Gasteiger partial charge in [0.15, 0.2) is 0 Å². The molecule has 0 unspecified atom stereocenters. The van der Waals surface area contributed by atoms with Crippen molar-refractivity contribution in [2.75, 3.05) is 26.2 Å². The Hall–Kier alpha value is -3.50. The van der Waals surface area contributed by atoms with Crippen molar-refractivity contribution in [3.63, 3.8) is 0 Å². The van der Waals surface area contributed by atoms with Crippen LogP contribution < -0.4 is 5.56 Å². The molecule has 1 aromatic heterocycles. The summed E-state index contributed by atoms with van der Waals surface area (Å²) in [5, 5.41) is 9.52. The average molecular weight is 430 g/mol. The Morgan fingerprint density at radius 2 is 1.88 bits per heavy atom. The van der Waals surface area contributed by atoms with Crippen LogP contribution in [-0.4, -0.2) is 51.9 Å². The van der Waals surface area contributed by atoms with Gasteiger partial charge >= 0.3 is 0 Å². The number of aromatic amines is 1. The van der Waals surface area contributed by atoms with Crippen molar-refractivity contribution < 1.29 is 4.79 Å². The number of fused-ring (bicyclic) bond motifs is 1. The number of hydrogen-bond acceptors (Lipinski definition) is 5. The van der Waals surface area contributed by atoms with Gasteiger partial charge in [-0.15, -0.1) is 0 Å². The van der Waals surface area contributed by atoms with Crippen molar-refractivity contribution >= 4 is 16.8 Å². The molecule has 1 saturated heterocycles. The summed E-state index contributed by atoms with van der Waals surface area (Å²) in [4.78, 5) is 36.6. The van der Waals surface area contributed by atoms with Crippen molar-refractivity contribution in [3.8, 4) is 6.07 Å². The van der Waals surface area contributed by atoms with Crippen LogP contribution in [0.1, 0.15) is 36.2 Å². The number of hydrogen-bond donors (Lipinski definition) is 1. The van der Waals surface area contributed by atoms with Gasteiger partial charge in [0.05, 0.1) is 22.5 Å². The highest BCUT2D eigenvalue weighted by Gasteiger charge is 2.19. The van der Waals surface area contributed by atoms with Crippen LogP contribution in [0.15, 0.2) is 53.3 Å². The molecule has 1 N–H and O–H groups in total. The molecule has 0 aliphatic carbocycles. The van der Waals surface area contributed by atoms with Gasteiger partial charge in [0.1, 0.15) is 5.82 Å². The van der Waals surface area contributed by atoms with Gasteiger partial charge in [0.2, 0.25) is 5.91 Å². The molecule has 1 amide bonds. The minimum absolute atomic E-state index is 0.133. The highest BCUT2D eigenvalue weighted by molar-refractivity contribution is 5.77. The zero-order valence-corrected chi connectivity index (χ0v) is 18.1. The van der Waals surface area contributed by atoms with Gasteiger partial charge in [-0.1, -0.05) is 24.3 Å². The SMILES string of the molecule is N#Cc1ccc(CN2CCCN(C(=O)CCCc3nc4ccccc4c(=O)[nH]3)CC2)cc1. The molecule has 3 aromatic rings. The fourth-order valence-corrected chi connectivity index (χ4v) is 4.14. The summed E-state index contributed by atoms with van der Waals surface area (Å²) < 4.78 is 0. The van der Waals surface area contributed by atoms with Crippen LogP contribution >= 0.6 is 0 Å². The number of nitrogens with zero attached hydrogens (tertiary/aromatic N) is 4. The molecule has 0 atom stereocenters. The molecule has 2 heterocycles. The van der Waals surface area contributed by atoms with Gasteiger partial charge in [-0.05, 0) is 42.7 Å². The van der Waals surface area contributed by atoms with Crippen LogP contribution in [0, 0.1) is 11.3 Å². The molecule has 0 radical (unpaired) electrons. The molecule has 4 rings (SSSR count). The first-order valence-corrected chi connectivity index (χ1v) is 11.1. The van der Waals surface area contributed by atoms with Crippen LogP contribution in [0.2, 0.25) is 0 Å². The third-order valence-electron chi connectivity index (χ3n) is 5.90. The van der Waals surface area contributed by atoms with E-state index in [0.29, 0.717) is 41.6 Å². The number of carbonyl (C=O) groups is 1. The minimum Gasteiger partial charge on any atom is -0.341 e. The fraction of sp³-hybridized carbons (Fsp3) is 0.360. The van der Waals surface area contributed by atoms with Gasteiger partial charge in [-0.25, -0.2) is 4.98 Å². The molecular weight excluding hydrogens is 402 g/mol.